The maximum absolute atomic E-state index is 12.8. The number of hydrogen-bond donors (Lipinski definition) is 1. The van der Waals surface area contributed by atoms with E-state index in [1.54, 1.807) is 0 Å². The zero-order valence-electron chi connectivity index (χ0n) is 17.4. The van der Waals surface area contributed by atoms with E-state index in [-0.39, 0.29) is 17.5 Å². The van der Waals surface area contributed by atoms with Crippen molar-refractivity contribution >= 4 is 5.97 Å². The van der Waals surface area contributed by atoms with Gasteiger partial charge in [0, 0.05) is 25.1 Å². The summed E-state index contributed by atoms with van der Waals surface area (Å²) < 4.78 is 6.14. The number of phenolic OH excluding ortho intramolecular Hbond substituents is 1. The molecule has 3 aliphatic carbocycles. The van der Waals surface area contributed by atoms with E-state index in [4.69, 9.17) is 4.74 Å². The van der Waals surface area contributed by atoms with Gasteiger partial charge in [0.2, 0.25) is 0 Å². The molecule has 0 saturated heterocycles. The molecule has 2 saturated carbocycles. The number of phenols is 1. The van der Waals surface area contributed by atoms with Gasteiger partial charge in [-0.2, -0.15) is 0 Å². The molecule has 3 unspecified atom stereocenters. The number of ether oxygens (including phenoxy) is 1. The number of fused-ring (bicyclic) bond motifs is 5. The summed E-state index contributed by atoms with van der Waals surface area (Å²) in [6.45, 7) is 2.37. The van der Waals surface area contributed by atoms with Crippen LogP contribution in [-0.2, 0) is 16.0 Å². The molecule has 1 aliphatic heterocycles. The molecule has 4 nitrogen and oxygen atoms in total. The maximum atomic E-state index is 12.8. The van der Waals surface area contributed by atoms with Gasteiger partial charge in [0.25, 0.3) is 0 Å². The first-order valence-electron chi connectivity index (χ1n) is 11.1. The number of rotatable bonds is 2. The first-order chi connectivity index (χ1) is 14.0. The second-order valence-electron chi connectivity index (χ2n) is 9.72. The van der Waals surface area contributed by atoms with Crippen molar-refractivity contribution in [1.29, 1.82) is 0 Å². The van der Waals surface area contributed by atoms with Crippen LogP contribution in [0.3, 0.4) is 0 Å². The normalized spacial score (nSPS) is 35.4. The largest absolute Gasteiger partial charge is 0.508 e. The van der Waals surface area contributed by atoms with Crippen molar-refractivity contribution in [2.24, 2.45) is 17.3 Å². The van der Waals surface area contributed by atoms with Gasteiger partial charge < -0.3 is 14.7 Å². The van der Waals surface area contributed by atoms with Crippen LogP contribution in [0.15, 0.2) is 42.2 Å². The van der Waals surface area contributed by atoms with Crippen molar-refractivity contribution in [2.75, 3.05) is 7.05 Å². The molecule has 1 aromatic carbocycles. The third-order valence-electron chi connectivity index (χ3n) is 8.17. The summed E-state index contributed by atoms with van der Waals surface area (Å²) in [7, 11) is 1.94. The highest BCUT2D eigenvalue weighted by molar-refractivity contribution is 5.89. The van der Waals surface area contributed by atoms with Crippen LogP contribution < -0.4 is 0 Å². The molecule has 4 aliphatic rings. The number of esters is 1. The van der Waals surface area contributed by atoms with E-state index in [2.05, 4.69) is 13.0 Å². The summed E-state index contributed by atoms with van der Waals surface area (Å²) in [5.74, 6) is 2.11. The van der Waals surface area contributed by atoms with E-state index in [0.717, 1.165) is 37.7 Å². The zero-order chi connectivity index (χ0) is 20.2. The minimum Gasteiger partial charge on any atom is -0.508 e. The van der Waals surface area contributed by atoms with E-state index >= 15 is 0 Å². The Bertz CT molecular complexity index is 888. The van der Waals surface area contributed by atoms with Crippen LogP contribution in [0.1, 0.15) is 62.5 Å². The predicted molar refractivity (Wildman–Crippen MR) is 112 cm³/mol. The summed E-state index contributed by atoms with van der Waals surface area (Å²) in [4.78, 5) is 14.7. The van der Waals surface area contributed by atoms with Gasteiger partial charge in [0.1, 0.15) is 11.9 Å². The van der Waals surface area contributed by atoms with Crippen molar-refractivity contribution in [3.05, 3.63) is 53.4 Å². The van der Waals surface area contributed by atoms with Crippen LogP contribution in [-0.4, -0.2) is 29.1 Å². The molecule has 0 amide bonds. The first-order valence-corrected chi connectivity index (χ1v) is 11.1. The van der Waals surface area contributed by atoms with Crippen LogP contribution >= 0.6 is 0 Å². The molecule has 1 heterocycles. The molecule has 0 spiro atoms. The van der Waals surface area contributed by atoms with Gasteiger partial charge in [-0.25, -0.2) is 4.79 Å². The quantitative estimate of drug-likeness (QED) is 0.727. The van der Waals surface area contributed by atoms with Gasteiger partial charge in [0.05, 0.1) is 5.57 Å². The SMILES string of the molecule is CN1C=CCC(C(=O)O[C@H]2CCC3C4CCc5cc(O)ccc5C4CC[C@@]32C)=C1. The van der Waals surface area contributed by atoms with Crippen molar-refractivity contribution in [2.45, 2.75) is 63.9 Å². The number of aromatic hydroxyl groups is 1. The molecule has 29 heavy (non-hydrogen) atoms. The van der Waals surface area contributed by atoms with Gasteiger partial charge in [-0.15, -0.1) is 0 Å². The number of carbonyl (C=O) groups excluding carboxylic acids is 1. The average Bonchev–Trinajstić information content (AvgIpc) is 3.04. The molecule has 4 heteroatoms. The van der Waals surface area contributed by atoms with E-state index in [9.17, 15) is 9.90 Å². The Morgan fingerprint density at radius 2 is 2.10 bits per heavy atom. The highest BCUT2D eigenvalue weighted by Crippen LogP contribution is 2.61. The van der Waals surface area contributed by atoms with Crippen LogP contribution in [0.25, 0.3) is 0 Å². The predicted octanol–water partition coefficient (Wildman–Crippen LogP) is 4.89. The van der Waals surface area contributed by atoms with Crippen molar-refractivity contribution in [1.82, 2.24) is 4.90 Å². The lowest BCUT2D eigenvalue weighted by Gasteiger charge is -2.50. The summed E-state index contributed by atoms with van der Waals surface area (Å²) in [5.41, 5.74) is 3.62. The minimum absolute atomic E-state index is 0.0271. The Labute approximate surface area is 173 Å². The number of carbonyl (C=O) groups is 1. The number of allylic oxidation sites excluding steroid dienone is 1. The summed E-state index contributed by atoms with van der Waals surface area (Å²) >= 11 is 0. The van der Waals surface area contributed by atoms with Crippen LogP contribution in [0.5, 0.6) is 5.75 Å². The third kappa shape index (κ3) is 3.08. The number of hydrogen-bond acceptors (Lipinski definition) is 4. The molecule has 0 bridgehead atoms. The van der Waals surface area contributed by atoms with E-state index in [1.807, 2.05) is 42.6 Å². The zero-order valence-corrected chi connectivity index (χ0v) is 17.4. The number of aryl methyl sites for hydroxylation is 1. The third-order valence-corrected chi connectivity index (χ3v) is 8.17. The molecule has 1 aromatic rings. The molecule has 2 fully saturated rings. The summed E-state index contributed by atoms with van der Waals surface area (Å²) in [6.07, 6.45) is 13.2. The standard InChI is InChI=1S/C25H31NO3/c1-25-12-11-20-19-8-6-18(27)14-16(19)5-7-21(20)22(25)9-10-23(25)29-24(28)17-4-3-13-26(2)15-17/h3,6,8,13-15,20-23,27H,4-5,7,9-12H2,1-2H3/t20?,21?,22?,23-,25-/m0/s1. The van der Waals surface area contributed by atoms with Crippen LogP contribution in [0, 0.1) is 17.3 Å². The van der Waals surface area contributed by atoms with Crippen molar-refractivity contribution in [3.8, 4) is 5.75 Å². The Morgan fingerprint density at radius 1 is 1.24 bits per heavy atom. The molecular formula is C25H31NO3. The smallest absolute Gasteiger partial charge is 0.336 e. The molecule has 0 radical (unpaired) electrons. The first kappa shape index (κ1) is 18.8. The molecule has 154 valence electrons. The maximum Gasteiger partial charge on any atom is 0.336 e. The van der Waals surface area contributed by atoms with Crippen LogP contribution in [0.2, 0.25) is 0 Å². The molecule has 0 aromatic heterocycles. The highest BCUT2D eigenvalue weighted by atomic mass is 16.5. The monoisotopic (exact) mass is 393 g/mol. The Balaban J connectivity index is 1.34. The second kappa shape index (κ2) is 6.93. The lowest BCUT2D eigenvalue weighted by Crippen LogP contribution is -2.45. The van der Waals surface area contributed by atoms with Crippen molar-refractivity contribution in [3.63, 3.8) is 0 Å². The van der Waals surface area contributed by atoms with Gasteiger partial charge in [-0.05, 0) is 85.7 Å². The molecule has 5 atom stereocenters. The van der Waals surface area contributed by atoms with Crippen molar-refractivity contribution < 1.29 is 14.6 Å². The fourth-order valence-corrected chi connectivity index (χ4v) is 6.74. The van der Waals surface area contributed by atoms with Gasteiger partial charge in [0.15, 0.2) is 0 Å². The van der Waals surface area contributed by atoms with Gasteiger partial charge in [-0.1, -0.05) is 19.1 Å². The lowest BCUT2D eigenvalue weighted by atomic mass is 9.55. The van der Waals surface area contributed by atoms with E-state index in [0.29, 0.717) is 29.9 Å². The highest BCUT2D eigenvalue weighted by Gasteiger charge is 2.56. The molecule has 1 N–H and O–H groups in total. The fourth-order valence-electron chi connectivity index (χ4n) is 6.74. The van der Waals surface area contributed by atoms with Crippen LogP contribution in [0.4, 0.5) is 0 Å². The van der Waals surface area contributed by atoms with E-state index < -0.39 is 0 Å². The topological polar surface area (TPSA) is 49.8 Å². The van der Waals surface area contributed by atoms with Gasteiger partial charge >= 0.3 is 5.97 Å². The Kier molecular flexibility index (Phi) is 4.49. The fraction of sp³-hybridized carbons (Fsp3) is 0.560. The molecular weight excluding hydrogens is 362 g/mol. The Hall–Kier alpha value is -2.23. The Morgan fingerprint density at radius 3 is 2.93 bits per heavy atom. The minimum atomic E-state index is -0.139. The number of nitrogens with zero attached hydrogens (tertiary/aromatic N) is 1. The molecule has 5 rings (SSSR count). The summed E-state index contributed by atoms with van der Waals surface area (Å²) in [6, 6.07) is 5.95. The second-order valence-corrected chi connectivity index (χ2v) is 9.72. The average molecular weight is 394 g/mol. The van der Waals surface area contributed by atoms with E-state index in [1.165, 1.54) is 17.5 Å². The van der Waals surface area contributed by atoms with Gasteiger partial charge in [-0.3, -0.25) is 0 Å². The summed E-state index contributed by atoms with van der Waals surface area (Å²) in [5, 5.41) is 9.86. The number of benzene rings is 1. The lowest BCUT2D eigenvalue weighted by molar-refractivity contribution is -0.153.